The molecule has 6 aromatic carbocycles. The van der Waals surface area contributed by atoms with Crippen molar-refractivity contribution >= 4 is 114 Å². The number of hydrogen-bond acceptors (Lipinski definition) is 22. The first-order valence-electron chi connectivity index (χ1n) is 27.3. The summed E-state index contributed by atoms with van der Waals surface area (Å²) in [5.41, 5.74) is 5.26. The van der Waals surface area contributed by atoms with E-state index in [1.165, 1.54) is 102 Å². The fourth-order valence-corrected chi connectivity index (χ4v) is 15.0. The predicted octanol–water partition coefficient (Wildman–Crippen LogP) is 12.8. The van der Waals surface area contributed by atoms with Crippen molar-refractivity contribution in [3.05, 3.63) is 188 Å². The third kappa shape index (κ3) is 15.7. The molecule has 2 fully saturated rings. The summed E-state index contributed by atoms with van der Waals surface area (Å²) < 4.78 is 221. The van der Waals surface area contributed by atoms with E-state index >= 15 is 0 Å². The normalized spacial score (nSPS) is 13.7. The molecular weight excluding hydrogens is 1450 g/mol. The first kappa shape index (κ1) is 72.8. The van der Waals surface area contributed by atoms with Gasteiger partial charge in [-0.2, -0.15) is 27.7 Å². The molecule has 0 saturated carbocycles. The summed E-state index contributed by atoms with van der Waals surface area (Å²) in [4.78, 5) is 13.7. The summed E-state index contributed by atoms with van der Waals surface area (Å²) in [7, 11) is -9.32. The number of ether oxygens (including phenoxy) is 2. The quantitative estimate of drug-likeness (QED) is 0.0348. The van der Waals surface area contributed by atoms with Crippen molar-refractivity contribution in [1.29, 1.82) is 10.5 Å². The molecule has 1 N–H and O–H groups in total. The maximum absolute atomic E-state index is 14.0. The standard InChI is InChI=1S/C23H17F2N5O3S2.C20H13FN4O3S2.C15H5ClF5NO3S.C3H5F2N.ClH/c1-33-20-8-19(30-11-23(24,25)12-30)15(9-26)7-18(20)22-17-3-2-16(6-14(17)4-5-27-22)35(31,32)10-21-29-28-13-34-21;1-28-18-8-17(21)13(9-22)7-16(18)20-15-3-2-14(6-12(15)4-5-23-20)30(26,27)10-19-25-24-11-29-19;16-15-8-2-1-7(5-6(8)3-4-22-15)26(23,24)25-14-12(20)10(18)9(17)11(19)13(14)21;4-3(5)1-6-2-3;/h2-8,13H,10-12H2,1H3;2-8,11H,10H2,1H3;1-5H;6H,1-2H2;1H. The van der Waals surface area contributed by atoms with E-state index in [0.717, 1.165) is 18.2 Å². The summed E-state index contributed by atoms with van der Waals surface area (Å²) >= 11 is 8.18. The van der Waals surface area contributed by atoms with Crippen LogP contribution in [0.25, 0.3) is 54.8 Å². The van der Waals surface area contributed by atoms with Crippen LogP contribution in [0, 0.1) is 57.6 Å². The van der Waals surface area contributed by atoms with E-state index in [1.807, 2.05) is 6.07 Å². The Labute approximate surface area is 568 Å². The highest BCUT2D eigenvalue weighted by Gasteiger charge is 2.45. The van der Waals surface area contributed by atoms with E-state index in [1.54, 1.807) is 48.5 Å². The highest BCUT2D eigenvalue weighted by Crippen LogP contribution is 2.43. The molecule has 508 valence electrons. The van der Waals surface area contributed by atoms with Crippen LogP contribution >= 0.6 is 46.7 Å². The van der Waals surface area contributed by atoms with Gasteiger partial charge in [0.25, 0.3) is 11.8 Å². The lowest BCUT2D eigenvalue weighted by molar-refractivity contribution is -0.0476. The Hall–Kier alpha value is -9.46. The first-order chi connectivity index (χ1) is 46.0. The van der Waals surface area contributed by atoms with Crippen LogP contribution in [0.2, 0.25) is 5.15 Å². The molecule has 0 unspecified atom stereocenters. The molecule has 7 heterocycles. The summed E-state index contributed by atoms with van der Waals surface area (Å²) in [6.07, 6.45) is 4.34. The molecule has 13 rings (SSSR count). The topological polar surface area (TPSA) is 283 Å². The zero-order valence-electron chi connectivity index (χ0n) is 49.6. The molecule has 2 saturated heterocycles. The number of fused-ring (bicyclic) bond motifs is 3. The van der Waals surface area contributed by atoms with Crippen molar-refractivity contribution < 1.29 is 82.8 Å². The Morgan fingerprint density at radius 2 is 1.00 bits per heavy atom. The summed E-state index contributed by atoms with van der Waals surface area (Å²) in [6, 6.07) is 27.0. The van der Waals surface area contributed by atoms with Crippen LogP contribution in [-0.2, 0) is 41.3 Å². The second kappa shape index (κ2) is 29.3. The number of pyridine rings is 3. The largest absolute Gasteiger partial charge is 0.496 e. The van der Waals surface area contributed by atoms with Gasteiger partial charge in [0.1, 0.15) is 72.0 Å². The van der Waals surface area contributed by atoms with Gasteiger partial charge < -0.3 is 23.9 Å². The third-order valence-electron chi connectivity index (χ3n) is 14.3. The van der Waals surface area contributed by atoms with Gasteiger partial charge in [-0.3, -0.25) is 9.97 Å². The molecule has 0 radical (unpaired) electrons. The Kier molecular flexibility index (Phi) is 21.8. The van der Waals surface area contributed by atoms with Gasteiger partial charge in [-0.15, -0.1) is 55.5 Å². The van der Waals surface area contributed by atoms with Crippen LogP contribution in [0.4, 0.5) is 49.6 Å². The van der Waals surface area contributed by atoms with E-state index < -0.39 is 100 Å². The molecule has 5 aromatic heterocycles. The molecule has 2 aliphatic rings. The van der Waals surface area contributed by atoms with Gasteiger partial charge in [0.15, 0.2) is 19.7 Å². The average molecular weight is 1490 g/mol. The van der Waals surface area contributed by atoms with Gasteiger partial charge >= 0.3 is 10.1 Å². The lowest BCUT2D eigenvalue weighted by Crippen LogP contribution is -2.56. The van der Waals surface area contributed by atoms with Crippen LogP contribution in [0.15, 0.2) is 141 Å². The van der Waals surface area contributed by atoms with Crippen LogP contribution in [0.1, 0.15) is 21.1 Å². The summed E-state index contributed by atoms with van der Waals surface area (Å²) in [5, 5.41) is 40.4. The second-order valence-electron chi connectivity index (χ2n) is 20.7. The molecule has 0 aliphatic carbocycles. The SMILES string of the molecule is COc1cc(F)c(C#N)cc1-c1nccc2cc(S(=O)(=O)Cc3nncs3)ccc12.COc1cc(N2CC(F)(F)C2)c(C#N)cc1-c1nccc2cc(S(=O)(=O)Cc3nncs3)ccc12.Cl.FC1(F)CNC1.O=S(=O)(Oc1c(F)c(F)c(F)c(F)c1F)c1ccc2c(Cl)nccc2c1. The number of sulfone groups is 2. The number of nitriles is 2. The molecule has 20 nitrogen and oxygen atoms in total. The number of alkyl halides is 4. The Bertz CT molecular complexity index is 5300. The molecule has 98 heavy (non-hydrogen) atoms. The Balaban J connectivity index is 0.000000165. The van der Waals surface area contributed by atoms with Crippen molar-refractivity contribution in [2.24, 2.45) is 0 Å². The average Bonchev–Trinajstić information content (AvgIpc) is 0.810. The lowest BCUT2D eigenvalue weighted by Gasteiger charge is -2.41. The Morgan fingerprint density at radius 1 is 0.571 bits per heavy atom. The summed E-state index contributed by atoms with van der Waals surface area (Å²) in [6.45, 7) is -1.20. The minimum absolute atomic E-state index is 0. The maximum atomic E-state index is 14.0. The van der Waals surface area contributed by atoms with Gasteiger partial charge in [-0.05, 0) is 89.0 Å². The van der Waals surface area contributed by atoms with Crippen molar-refractivity contribution in [3.63, 3.8) is 0 Å². The van der Waals surface area contributed by atoms with Crippen molar-refractivity contribution in [3.8, 4) is 51.9 Å². The molecule has 0 amide bonds. The van der Waals surface area contributed by atoms with E-state index in [2.05, 4.69) is 50.9 Å². The highest BCUT2D eigenvalue weighted by molar-refractivity contribution is 7.91. The van der Waals surface area contributed by atoms with Gasteiger partial charge in [0.05, 0.1) is 78.4 Å². The molecule has 2 aliphatic heterocycles. The Morgan fingerprint density at radius 3 is 1.44 bits per heavy atom. The molecule has 37 heteroatoms. The summed E-state index contributed by atoms with van der Waals surface area (Å²) in [5.74, 6) is -19.6. The fraction of sp³-hybridized carbons (Fsp3) is 0.164. The van der Waals surface area contributed by atoms with Gasteiger partial charge in [-0.1, -0.05) is 23.7 Å². The van der Waals surface area contributed by atoms with E-state index in [4.69, 9.17) is 21.1 Å². The molecular formula is C61H41Cl2F10N11O9S5. The number of halogens is 12. The number of nitrogens with zero attached hydrogens (tertiary/aromatic N) is 10. The van der Waals surface area contributed by atoms with Crippen LogP contribution in [0.3, 0.4) is 0 Å². The molecule has 11 aromatic rings. The highest BCUT2D eigenvalue weighted by atomic mass is 35.5. The lowest BCUT2D eigenvalue weighted by atomic mass is 9.98. The number of benzene rings is 6. The zero-order chi connectivity index (χ0) is 69.9. The van der Waals surface area contributed by atoms with Crippen molar-refractivity contribution in [1.82, 2.24) is 40.7 Å². The smallest absolute Gasteiger partial charge is 0.339 e. The number of hydrogen-bond donors (Lipinski definition) is 1. The van der Waals surface area contributed by atoms with Crippen molar-refractivity contribution in [2.75, 3.05) is 45.3 Å². The number of nitrogens with one attached hydrogen (secondary N) is 1. The van der Waals surface area contributed by atoms with Crippen LogP contribution in [-0.4, -0.2) is 113 Å². The van der Waals surface area contributed by atoms with Gasteiger partial charge in [0.2, 0.25) is 34.8 Å². The van der Waals surface area contributed by atoms with Gasteiger partial charge in [0, 0.05) is 58.0 Å². The number of methoxy groups -OCH3 is 2. The third-order valence-corrected chi connectivity index (χ3v) is 20.8. The van der Waals surface area contributed by atoms with E-state index in [0.29, 0.717) is 76.3 Å². The zero-order valence-corrected chi connectivity index (χ0v) is 55.3. The monoisotopic (exact) mass is 1490 g/mol. The molecule has 0 spiro atoms. The van der Waals surface area contributed by atoms with Crippen LogP contribution in [0.5, 0.6) is 17.2 Å². The van der Waals surface area contributed by atoms with E-state index in [-0.39, 0.29) is 68.8 Å². The minimum Gasteiger partial charge on any atom is -0.496 e. The first-order valence-corrected chi connectivity index (χ1v) is 34.2. The number of rotatable bonds is 14. The van der Waals surface area contributed by atoms with Gasteiger partial charge in [-0.25, -0.2) is 56.9 Å². The number of aromatic nitrogens is 7. The number of anilines is 1. The van der Waals surface area contributed by atoms with Crippen LogP contribution < -0.4 is 23.9 Å². The molecule has 0 atom stereocenters. The molecule has 0 bridgehead atoms. The second-order valence-corrected chi connectivity index (χ2v) is 28.4. The minimum atomic E-state index is -4.91. The van der Waals surface area contributed by atoms with Crippen molar-refractivity contribution in [2.45, 2.75) is 38.0 Å². The van der Waals surface area contributed by atoms with E-state index in [9.17, 15) is 79.7 Å². The predicted molar refractivity (Wildman–Crippen MR) is 341 cm³/mol. The fourth-order valence-electron chi connectivity index (χ4n) is 9.49. The maximum Gasteiger partial charge on any atom is 0.339 e.